The van der Waals surface area contributed by atoms with Crippen LogP contribution in [0.25, 0.3) is 10.2 Å². The lowest BCUT2D eigenvalue weighted by Gasteiger charge is -2.35. The van der Waals surface area contributed by atoms with Crippen molar-refractivity contribution >= 4 is 33.6 Å². The van der Waals surface area contributed by atoms with Crippen molar-refractivity contribution in [1.29, 1.82) is 0 Å². The standard InChI is InChI=1S/C19H27N5O5S/c1-12-14-16(25)20-13(11-23-5-7-24(8-6-23)19(27)22(2)3)21-17(14)30-15(12)18(26)29-10-9-28-4/h5-11H2,1-4H3,(H,20,21,25). The maximum Gasteiger partial charge on any atom is 0.348 e. The number of rotatable bonds is 6. The molecule has 0 atom stereocenters. The molecule has 1 aliphatic rings. The number of nitrogens with one attached hydrogen (secondary N) is 1. The number of aromatic amines is 1. The molecule has 0 unspecified atom stereocenters. The Morgan fingerprint density at radius 2 is 1.90 bits per heavy atom. The van der Waals surface area contributed by atoms with Crippen molar-refractivity contribution in [1.82, 2.24) is 24.7 Å². The smallest absolute Gasteiger partial charge is 0.348 e. The number of aromatic nitrogens is 2. The first kappa shape index (κ1) is 22.2. The third-order valence-electron chi connectivity index (χ3n) is 4.95. The summed E-state index contributed by atoms with van der Waals surface area (Å²) >= 11 is 1.16. The Morgan fingerprint density at radius 1 is 1.20 bits per heavy atom. The minimum Gasteiger partial charge on any atom is -0.459 e. The predicted octanol–water partition coefficient (Wildman–Crippen LogP) is 0.895. The Bertz CT molecular complexity index is 978. The van der Waals surface area contributed by atoms with Gasteiger partial charge in [0.1, 0.15) is 22.1 Å². The Morgan fingerprint density at radius 3 is 2.53 bits per heavy atom. The number of fused-ring (bicyclic) bond motifs is 1. The molecule has 1 aliphatic heterocycles. The van der Waals surface area contributed by atoms with E-state index in [1.165, 1.54) is 7.11 Å². The Balaban J connectivity index is 1.72. The summed E-state index contributed by atoms with van der Waals surface area (Å²) in [5, 5.41) is 0.420. The van der Waals surface area contributed by atoms with Gasteiger partial charge in [-0.3, -0.25) is 9.69 Å². The fourth-order valence-electron chi connectivity index (χ4n) is 3.33. The maximum atomic E-state index is 12.6. The normalized spacial score (nSPS) is 14.9. The summed E-state index contributed by atoms with van der Waals surface area (Å²) in [6, 6.07) is 0.00146. The van der Waals surface area contributed by atoms with Crippen molar-refractivity contribution in [2.75, 3.05) is 60.6 Å². The van der Waals surface area contributed by atoms with Crippen LogP contribution in [0.1, 0.15) is 21.1 Å². The molecule has 1 saturated heterocycles. The van der Waals surface area contributed by atoms with Crippen LogP contribution in [0.4, 0.5) is 4.79 Å². The van der Waals surface area contributed by atoms with Gasteiger partial charge in [0.05, 0.1) is 18.5 Å². The van der Waals surface area contributed by atoms with E-state index in [0.29, 0.717) is 65.8 Å². The number of hydrogen-bond acceptors (Lipinski definition) is 8. The third kappa shape index (κ3) is 4.79. The minimum absolute atomic E-state index is 0.00146. The van der Waals surface area contributed by atoms with Crippen LogP contribution in [-0.4, -0.2) is 97.3 Å². The number of aryl methyl sites for hydroxylation is 1. The van der Waals surface area contributed by atoms with Gasteiger partial charge in [-0.1, -0.05) is 0 Å². The summed E-state index contributed by atoms with van der Waals surface area (Å²) in [5.74, 6) is 0.0654. The number of amides is 2. The van der Waals surface area contributed by atoms with Crippen LogP contribution in [0.2, 0.25) is 0 Å². The van der Waals surface area contributed by atoms with E-state index in [1.54, 1.807) is 30.8 Å². The minimum atomic E-state index is -0.477. The number of H-pyrrole nitrogens is 1. The number of hydrogen-bond donors (Lipinski definition) is 1. The monoisotopic (exact) mass is 437 g/mol. The largest absolute Gasteiger partial charge is 0.459 e. The molecule has 2 aromatic rings. The zero-order chi connectivity index (χ0) is 21.8. The molecule has 0 bridgehead atoms. The molecule has 0 spiro atoms. The number of esters is 1. The zero-order valence-corrected chi connectivity index (χ0v) is 18.5. The molecule has 3 heterocycles. The highest BCUT2D eigenvalue weighted by Gasteiger charge is 2.24. The van der Waals surface area contributed by atoms with Gasteiger partial charge < -0.3 is 24.3 Å². The van der Waals surface area contributed by atoms with Crippen molar-refractivity contribution in [3.8, 4) is 0 Å². The molecule has 0 aliphatic carbocycles. The average molecular weight is 438 g/mol. The van der Waals surface area contributed by atoms with Crippen molar-refractivity contribution in [2.45, 2.75) is 13.5 Å². The second kappa shape index (κ2) is 9.54. The molecule has 30 heavy (non-hydrogen) atoms. The number of methoxy groups -OCH3 is 1. The van der Waals surface area contributed by atoms with Crippen LogP contribution in [0.15, 0.2) is 4.79 Å². The van der Waals surface area contributed by atoms with Gasteiger partial charge in [-0.15, -0.1) is 11.3 Å². The molecule has 10 nitrogen and oxygen atoms in total. The number of thiophene rings is 1. The Kier molecular flexibility index (Phi) is 7.06. The van der Waals surface area contributed by atoms with Crippen molar-refractivity contribution in [3.63, 3.8) is 0 Å². The van der Waals surface area contributed by atoms with E-state index in [9.17, 15) is 14.4 Å². The van der Waals surface area contributed by atoms with Crippen LogP contribution in [0, 0.1) is 6.92 Å². The molecule has 2 aromatic heterocycles. The summed E-state index contributed by atoms with van der Waals surface area (Å²) < 4.78 is 10.1. The first-order valence-corrected chi connectivity index (χ1v) is 10.5. The molecule has 1 N–H and O–H groups in total. The predicted molar refractivity (Wildman–Crippen MR) is 113 cm³/mol. The molecule has 11 heteroatoms. The van der Waals surface area contributed by atoms with Crippen LogP contribution in [-0.2, 0) is 16.0 Å². The van der Waals surface area contributed by atoms with E-state index in [0.717, 1.165) is 11.3 Å². The van der Waals surface area contributed by atoms with E-state index in [2.05, 4.69) is 14.9 Å². The molecule has 0 radical (unpaired) electrons. The van der Waals surface area contributed by atoms with Gasteiger partial charge in [0, 0.05) is 47.4 Å². The molecule has 0 saturated carbocycles. The molecule has 164 valence electrons. The maximum absolute atomic E-state index is 12.6. The average Bonchev–Trinajstić information content (AvgIpc) is 3.05. The molecular formula is C19H27N5O5S. The third-order valence-corrected chi connectivity index (χ3v) is 6.12. The lowest BCUT2D eigenvalue weighted by molar-refractivity contribution is 0.0393. The van der Waals surface area contributed by atoms with E-state index in [4.69, 9.17) is 9.47 Å². The lowest BCUT2D eigenvalue weighted by Crippen LogP contribution is -2.51. The van der Waals surface area contributed by atoms with Crippen molar-refractivity contribution in [3.05, 3.63) is 26.6 Å². The number of urea groups is 1. The SMILES string of the molecule is COCCOC(=O)c1sc2nc(CN3CCN(C(=O)N(C)C)CC3)[nH]c(=O)c2c1C. The topological polar surface area (TPSA) is 108 Å². The molecule has 1 fully saturated rings. The van der Waals surface area contributed by atoms with Crippen molar-refractivity contribution < 1.29 is 19.1 Å². The van der Waals surface area contributed by atoms with Gasteiger partial charge in [-0.05, 0) is 12.5 Å². The van der Waals surface area contributed by atoms with Crippen LogP contribution in [0.3, 0.4) is 0 Å². The number of piperazine rings is 1. The molecule has 3 rings (SSSR count). The first-order valence-electron chi connectivity index (χ1n) is 9.68. The van der Waals surface area contributed by atoms with Crippen molar-refractivity contribution in [2.24, 2.45) is 0 Å². The molecule has 2 amide bonds. The van der Waals surface area contributed by atoms with Gasteiger partial charge in [0.15, 0.2) is 0 Å². The van der Waals surface area contributed by atoms with Crippen LogP contribution in [0.5, 0.6) is 0 Å². The quantitative estimate of drug-likeness (QED) is 0.528. The highest BCUT2D eigenvalue weighted by molar-refractivity contribution is 7.20. The highest BCUT2D eigenvalue weighted by Crippen LogP contribution is 2.27. The summed E-state index contributed by atoms with van der Waals surface area (Å²) in [7, 11) is 5.01. The zero-order valence-electron chi connectivity index (χ0n) is 17.7. The fraction of sp³-hybridized carbons (Fsp3) is 0.579. The van der Waals surface area contributed by atoms with Crippen LogP contribution >= 0.6 is 11.3 Å². The summed E-state index contributed by atoms with van der Waals surface area (Å²) in [6.07, 6.45) is 0. The number of nitrogens with zero attached hydrogens (tertiary/aromatic N) is 4. The first-order chi connectivity index (χ1) is 14.3. The Hall–Kier alpha value is -2.50. The van der Waals surface area contributed by atoms with Gasteiger partial charge >= 0.3 is 12.0 Å². The number of carbonyl (C=O) groups is 2. The second-order valence-corrected chi connectivity index (χ2v) is 8.32. The fourth-order valence-corrected chi connectivity index (χ4v) is 4.43. The van der Waals surface area contributed by atoms with E-state index in [1.807, 2.05) is 0 Å². The van der Waals surface area contributed by atoms with Gasteiger partial charge in [-0.25, -0.2) is 14.6 Å². The lowest BCUT2D eigenvalue weighted by atomic mass is 10.2. The van der Waals surface area contributed by atoms with E-state index in [-0.39, 0.29) is 18.2 Å². The van der Waals surface area contributed by atoms with Gasteiger partial charge in [-0.2, -0.15) is 0 Å². The highest BCUT2D eigenvalue weighted by atomic mass is 32.1. The van der Waals surface area contributed by atoms with Gasteiger partial charge in [0.2, 0.25) is 0 Å². The van der Waals surface area contributed by atoms with E-state index < -0.39 is 5.97 Å². The summed E-state index contributed by atoms with van der Waals surface area (Å²) in [4.78, 5) is 50.8. The molecular weight excluding hydrogens is 410 g/mol. The number of carbonyl (C=O) groups excluding carboxylic acids is 2. The number of ether oxygens (including phenoxy) is 2. The van der Waals surface area contributed by atoms with Gasteiger partial charge in [0.25, 0.3) is 5.56 Å². The Labute approximate surface area is 178 Å². The van der Waals surface area contributed by atoms with Crippen LogP contribution < -0.4 is 5.56 Å². The van der Waals surface area contributed by atoms with E-state index >= 15 is 0 Å². The summed E-state index contributed by atoms with van der Waals surface area (Å²) in [5.41, 5.74) is 0.314. The molecule has 0 aromatic carbocycles. The second-order valence-electron chi connectivity index (χ2n) is 7.32. The summed E-state index contributed by atoms with van der Waals surface area (Å²) in [6.45, 7) is 5.30.